The Morgan fingerprint density at radius 2 is 2.07 bits per heavy atom. The van der Waals surface area contributed by atoms with Crippen molar-refractivity contribution >= 4 is 0 Å². The molecule has 1 heterocycles. The molecule has 1 rings (SSSR count). The fourth-order valence-corrected chi connectivity index (χ4v) is 1.02. The zero-order valence-electron chi connectivity index (χ0n) is 7.34. The van der Waals surface area contributed by atoms with E-state index in [1.165, 1.54) is 6.07 Å². The summed E-state index contributed by atoms with van der Waals surface area (Å²) in [6, 6.07) is 4.14. The van der Waals surface area contributed by atoms with Crippen molar-refractivity contribution in [3.8, 4) is 12.1 Å². The molecule has 0 aliphatic carbocycles. The van der Waals surface area contributed by atoms with Gasteiger partial charge in [-0.2, -0.15) is 10.5 Å². The van der Waals surface area contributed by atoms with Crippen LogP contribution in [0.3, 0.4) is 0 Å². The monoisotopic (exact) mass is 211 g/mol. The second-order valence-electron chi connectivity index (χ2n) is 2.61. The molecule has 1 aromatic heterocycles. The summed E-state index contributed by atoms with van der Waals surface area (Å²) in [6.45, 7) is 0. The highest BCUT2D eigenvalue weighted by Gasteiger charge is 2.19. The molecule has 0 saturated heterocycles. The molecule has 0 aliphatic rings. The van der Waals surface area contributed by atoms with E-state index in [1.54, 1.807) is 6.07 Å². The third-order valence-electron chi connectivity index (χ3n) is 1.65. The van der Waals surface area contributed by atoms with Gasteiger partial charge in [-0.05, 0) is 6.07 Å². The quantitative estimate of drug-likeness (QED) is 0.752. The summed E-state index contributed by atoms with van der Waals surface area (Å²) >= 11 is 0. The van der Waals surface area contributed by atoms with Crippen molar-refractivity contribution in [1.82, 2.24) is 4.98 Å². The summed E-state index contributed by atoms with van der Waals surface area (Å²) in [4.78, 5) is 3.14. The molecule has 0 saturated carbocycles. The number of pyridine rings is 1. The number of hydrogen-bond acceptors (Lipinski definition) is 3. The molecule has 15 heavy (non-hydrogen) atoms. The van der Waals surface area contributed by atoms with Crippen LogP contribution < -0.4 is 0 Å². The van der Waals surface area contributed by atoms with Crippen molar-refractivity contribution < 1.29 is 13.2 Å². The molecular weight excluding hydrogens is 207 g/mol. The summed E-state index contributed by atoms with van der Waals surface area (Å²) in [5.41, 5.74) is -1.64. The van der Waals surface area contributed by atoms with Gasteiger partial charge in [0.25, 0.3) is 6.43 Å². The fraction of sp³-hybridized carbons (Fsp3) is 0.222. The zero-order chi connectivity index (χ0) is 11.4. The van der Waals surface area contributed by atoms with Gasteiger partial charge in [0.1, 0.15) is 17.5 Å². The van der Waals surface area contributed by atoms with Crippen molar-refractivity contribution in [1.29, 1.82) is 10.5 Å². The van der Waals surface area contributed by atoms with Crippen LogP contribution in [0.25, 0.3) is 0 Å². The number of nitriles is 2. The molecule has 0 amide bonds. The predicted molar refractivity (Wildman–Crippen MR) is 43.2 cm³/mol. The second kappa shape index (κ2) is 4.43. The van der Waals surface area contributed by atoms with E-state index in [0.717, 1.165) is 6.07 Å². The van der Waals surface area contributed by atoms with Gasteiger partial charge in [-0.3, -0.25) is 0 Å². The number of rotatable bonds is 2. The Balaban J connectivity index is 3.36. The van der Waals surface area contributed by atoms with Crippen LogP contribution in [-0.4, -0.2) is 4.98 Å². The van der Waals surface area contributed by atoms with Gasteiger partial charge in [0.05, 0.1) is 12.5 Å². The van der Waals surface area contributed by atoms with Gasteiger partial charge in [0, 0.05) is 5.56 Å². The summed E-state index contributed by atoms with van der Waals surface area (Å²) in [7, 11) is 0. The molecule has 0 aromatic carbocycles. The van der Waals surface area contributed by atoms with E-state index in [1.807, 2.05) is 0 Å². The Labute approximate surface area is 83.4 Å². The van der Waals surface area contributed by atoms with E-state index in [-0.39, 0.29) is 17.7 Å². The highest BCUT2D eigenvalue weighted by molar-refractivity contribution is 5.32. The molecule has 6 heteroatoms. The first kappa shape index (κ1) is 11.0. The van der Waals surface area contributed by atoms with Gasteiger partial charge < -0.3 is 0 Å². The zero-order valence-corrected chi connectivity index (χ0v) is 7.34. The first-order valence-corrected chi connectivity index (χ1v) is 3.84. The van der Waals surface area contributed by atoms with Crippen molar-refractivity contribution in [2.75, 3.05) is 0 Å². The van der Waals surface area contributed by atoms with Crippen LogP contribution in [0, 0.1) is 28.5 Å². The lowest BCUT2D eigenvalue weighted by atomic mass is 10.1. The topological polar surface area (TPSA) is 60.5 Å². The lowest BCUT2D eigenvalue weighted by molar-refractivity contribution is 0.140. The number of alkyl halides is 2. The summed E-state index contributed by atoms with van der Waals surface area (Å²) in [5, 5.41) is 16.8. The fourth-order valence-electron chi connectivity index (χ4n) is 1.02. The maximum absolute atomic E-state index is 13.2. The van der Waals surface area contributed by atoms with Crippen LogP contribution in [0.2, 0.25) is 0 Å². The third-order valence-corrected chi connectivity index (χ3v) is 1.65. The number of halogens is 3. The Morgan fingerprint density at radius 3 is 2.53 bits per heavy atom. The van der Waals surface area contributed by atoms with Gasteiger partial charge in [0.2, 0.25) is 0 Å². The van der Waals surface area contributed by atoms with Crippen LogP contribution in [0.15, 0.2) is 6.07 Å². The lowest BCUT2D eigenvalue weighted by Gasteiger charge is -2.04. The third kappa shape index (κ3) is 2.23. The Kier molecular flexibility index (Phi) is 3.25. The van der Waals surface area contributed by atoms with Gasteiger partial charge >= 0.3 is 0 Å². The largest absolute Gasteiger partial charge is 0.283 e. The van der Waals surface area contributed by atoms with Gasteiger partial charge in [-0.15, -0.1) is 0 Å². The van der Waals surface area contributed by atoms with Gasteiger partial charge in [0.15, 0.2) is 5.82 Å². The number of hydrogen-bond donors (Lipinski definition) is 0. The molecular formula is C9H4F3N3. The van der Waals surface area contributed by atoms with E-state index in [4.69, 9.17) is 10.5 Å². The van der Waals surface area contributed by atoms with Crippen molar-refractivity contribution in [2.45, 2.75) is 12.8 Å². The van der Waals surface area contributed by atoms with E-state index >= 15 is 0 Å². The SMILES string of the molecule is N#CCc1cc(C#N)nc(C(F)F)c1F. The summed E-state index contributed by atoms with van der Waals surface area (Å²) < 4.78 is 37.8. The van der Waals surface area contributed by atoms with Crippen LogP contribution in [-0.2, 0) is 6.42 Å². The first-order valence-electron chi connectivity index (χ1n) is 3.84. The smallest absolute Gasteiger partial charge is 0.233 e. The molecule has 0 bridgehead atoms. The van der Waals surface area contributed by atoms with Crippen molar-refractivity contribution in [3.05, 3.63) is 28.8 Å². The molecule has 0 spiro atoms. The first-order chi connectivity index (χ1) is 7.10. The van der Waals surface area contributed by atoms with E-state index in [9.17, 15) is 13.2 Å². The van der Waals surface area contributed by atoms with Crippen LogP contribution in [0.1, 0.15) is 23.4 Å². The van der Waals surface area contributed by atoms with Crippen LogP contribution in [0.4, 0.5) is 13.2 Å². The molecule has 76 valence electrons. The Hall–Kier alpha value is -2.08. The van der Waals surface area contributed by atoms with E-state index in [2.05, 4.69) is 4.98 Å². The van der Waals surface area contributed by atoms with E-state index in [0.29, 0.717) is 0 Å². The van der Waals surface area contributed by atoms with E-state index < -0.39 is 17.9 Å². The summed E-state index contributed by atoms with van der Waals surface area (Å²) in [6.07, 6.45) is -3.47. The van der Waals surface area contributed by atoms with Crippen molar-refractivity contribution in [3.63, 3.8) is 0 Å². The predicted octanol–water partition coefficient (Wildman–Crippen LogP) is 2.10. The highest BCUT2D eigenvalue weighted by atomic mass is 19.3. The second-order valence-corrected chi connectivity index (χ2v) is 2.61. The average molecular weight is 211 g/mol. The normalized spacial score (nSPS) is 9.73. The number of aromatic nitrogens is 1. The maximum Gasteiger partial charge on any atom is 0.283 e. The minimum absolute atomic E-state index is 0.237. The van der Waals surface area contributed by atoms with Crippen molar-refractivity contribution in [2.24, 2.45) is 0 Å². The van der Waals surface area contributed by atoms with Gasteiger partial charge in [-0.1, -0.05) is 0 Å². The van der Waals surface area contributed by atoms with Crippen LogP contribution in [0.5, 0.6) is 0 Å². The summed E-state index contributed by atoms with van der Waals surface area (Å²) in [5.74, 6) is -1.22. The highest BCUT2D eigenvalue weighted by Crippen LogP contribution is 2.23. The molecule has 0 unspecified atom stereocenters. The molecule has 0 radical (unpaired) electrons. The number of nitrogens with zero attached hydrogens (tertiary/aromatic N) is 3. The average Bonchev–Trinajstić information content (AvgIpc) is 2.21. The molecule has 1 aromatic rings. The molecule has 0 N–H and O–H groups in total. The molecule has 0 atom stereocenters. The molecule has 0 fully saturated rings. The maximum atomic E-state index is 13.2. The lowest BCUT2D eigenvalue weighted by Crippen LogP contribution is -2.03. The Bertz CT molecular complexity index is 457. The molecule has 0 aliphatic heterocycles. The van der Waals surface area contributed by atoms with Gasteiger partial charge in [-0.25, -0.2) is 18.2 Å². The molecule has 3 nitrogen and oxygen atoms in total. The van der Waals surface area contributed by atoms with Crippen LogP contribution >= 0.6 is 0 Å². The Morgan fingerprint density at radius 1 is 1.40 bits per heavy atom. The minimum Gasteiger partial charge on any atom is -0.233 e. The standard InChI is InChI=1S/C9H4F3N3/c10-7-5(1-2-13)3-6(4-14)15-8(7)9(11)12/h3,9H,1H2. The minimum atomic E-state index is -3.10.